The maximum atomic E-state index is 11.9. The summed E-state index contributed by atoms with van der Waals surface area (Å²) < 4.78 is 0. The average Bonchev–Trinajstić information content (AvgIpc) is 2.47. The Labute approximate surface area is 126 Å². The van der Waals surface area contributed by atoms with E-state index < -0.39 is 0 Å². The molecule has 3 nitrogen and oxygen atoms in total. The van der Waals surface area contributed by atoms with Gasteiger partial charge in [0.2, 0.25) is 5.91 Å². The molecule has 100 valence electrons. The van der Waals surface area contributed by atoms with Crippen LogP contribution in [0.3, 0.4) is 0 Å². The Kier molecular flexibility index (Phi) is 5.05. The van der Waals surface area contributed by atoms with Gasteiger partial charge in [-0.15, -0.1) is 11.8 Å². The van der Waals surface area contributed by atoms with E-state index in [2.05, 4.69) is 5.32 Å². The number of hydrogen-bond donors (Lipinski definition) is 1. The number of carbonyl (C=O) groups is 1. The monoisotopic (exact) mass is 302 g/mol. The lowest BCUT2D eigenvalue weighted by atomic mass is 10.2. The maximum Gasteiger partial charge on any atom is 0.234 e. The minimum Gasteiger partial charge on any atom is -0.324 e. The van der Waals surface area contributed by atoms with Crippen molar-refractivity contribution in [2.24, 2.45) is 0 Å². The van der Waals surface area contributed by atoms with Gasteiger partial charge in [-0.1, -0.05) is 23.7 Å². The van der Waals surface area contributed by atoms with Crippen molar-refractivity contribution in [1.82, 2.24) is 0 Å². The van der Waals surface area contributed by atoms with Gasteiger partial charge >= 0.3 is 0 Å². The van der Waals surface area contributed by atoms with Gasteiger partial charge in [0.15, 0.2) is 0 Å². The summed E-state index contributed by atoms with van der Waals surface area (Å²) in [5.41, 5.74) is 0.994. The van der Waals surface area contributed by atoms with Gasteiger partial charge in [0.05, 0.1) is 17.0 Å². The predicted molar refractivity (Wildman–Crippen MR) is 82.0 cm³/mol. The molecule has 0 aliphatic rings. The number of nitriles is 1. The van der Waals surface area contributed by atoms with Crippen molar-refractivity contribution in [2.75, 3.05) is 11.1 Å². The smallest absolute Gasteiger partial charge is 0.234 e. The van der Waals surface area contributed by atoms with Crippen LogP contribution in [0.25, 0.3) is 0 Å². The van der Waals surface area contributed by atoms with Crippen molar-refractivity contribution in [2.45, 2.75) is 4.90 Å². The predicted octanol–water partition coefficient (Wildman–Crippen LogP) is 3.94. The van der Waals surface area contributed by atoms with Gasteiger partial charge in [0.1, 0.15) is 6.07 Å². The normalized spacial score (nSPS) is 9.80. The van der Waals surface area contributed by atoms with Gasteiger partial charge in [-0.2, -0.15) is 5.26 Å². The van der Waals surface area contributed by atoms with E-state index in [1.54, 1.807) is 36.4 Å². The number of hydrogen-bond acceptors (Lipinski definition) is 3. The second-order valence-electron chi connectivity index (χ2n) is 3.95. The molecular weight excluding hydrogens is 292 g/mol. The SMILES string of the molecule is N#Cc1ccccc1NC(=O)CSc1ccc(Cl)cc1. The van der Waals surface area contributed by atoms with E-state index in [0.717, 1.165) is 4.90 Å². The number of nitrogens with zero attached hydrogens (tertiary/aromatic N) is 1. The van der Waals surface area contributed by atoms with Crippen molar-refractivity contribution in [1.29, 1.82) is 5.26 Å². The Bertz CT molecular complexity index is 650. The molecule has 5 heteroatoms. The molecule has 0 heterocycles. The number of thioether (sulfide) groups is 1. The maximum absolute atomic E-state index is 11.9. The third kappa shape index (κ3) is 4.02. The molecule has 1 amide bonds. The molecule has 0 unspecified atom stereocenters. The Hall–Kier alpha value is -1.96. The molecular formula is C15H11ClN2OS. The molecule has 2 aromatic carbocycles. The Morgan fingerprint density at radius 2 is 1.90 bits per heavy atom. The molecule has 0 saturated carbocycles. The number of rotatable bonds is 4. The van der Waals surface area contributed by atoms with E-state index in [9.17, 15) is 4.79 Å². The molecule has 1 N–H and O–H groups in total. The van der Waals surface area contributed by atoms with Crippen LogP contribution in [0.4, 0.5) is 5.69 Å². The highest BCUT2D eigenvalue weighted by atomic mass is 35.5. The molecule has 0 spiro atoms. The van der Waals surface area contributed by atoms with Gasteiger partial charge in [-0.05, 0) is 36.4 Å². The molecule has 0 aromatic heterocycles. The molecule has 0 saturated heterocycles. The summed E-state index contributed by atoms with van der Waals surface area (Å²) in [5.74, 6) is 0.133. The minimum atomic E-state index is -0.146. The molecule has 0 aliphatic heterocycles. The summed E-state index contributed by atoms with van der Waals surface area (Å²) >= 11 is 7.21. The highest BCUT2D eigenvalue weighted by Gasteiger charge is 2.06. The number of nitrogens with one attached hydrogen (secondary N) is 1. The minimum absolute atomic E-state index is 0.146. The van der Waals surface area contributed by atoms with E-state index >= 15 is 0 Å². The molecule has 0 radical (unpaired) electrons. The second-order valence-corrected chi connectivity index (χ2v) is 5.43. The van der Waals surface area contributed by atoms with Crippen LogP contribution in [0.2, 0.25) is 5.02 Å². The fraction of sp³-hybridized carbons (Fsp3) is 0.0667. The van der Waals surface area contributed by atoms with Crippen LogP contribution in [0.15, 0.2) is 53.4 Å². The van der Waals surface area contributed by atoms with Gasteiger partial charge in [-0.25, -0.2) is 0 Å². The van der Waals surface area contributed by atoms with Crippen LogP contribution in [0.1, 0.15) is 5.56 Å². The zero-order valence-corrected chi connectivity index (χ0v) is 12.0. The zero-order valence-electron chi connectivity index (χ0n) is 10.5. The highest BCUT2D eigenvalue weighted by molar-refractivity contribution is 8.00. The molecule has 0 aliphatic carbocycles. The largest absolute Gasteiger partial charge is 0.324 e. The number of halogens is 1. The van der Waals surface area contributed by atoms with Crippen molar-refractivity contribution >= 4 is 35.0 Å². The van der Waals surface area contributed by atoms with Crippen LogP contribution >= 0.6 is 23.4 Å². The number of carbonyl (C=O) groups excluding carboxylic acids is 1. The van der Waals surface area contributed by atoms with Gasteiger partial charge in [-0.3, -0.25) is 4.79 Å². The first-order chi connectivity index (χ1) is 9.69. The second kappa shape index (κ2) is 6.99. The first-order valence-electron chi connectivity index (χ1n) is 5.86. The van der Waals surface area contributed by atoms with Gasteiger partial charge < -0.3 is 5.32 Å². The summed E-state index contributed by atoms with van der Waals surface area (Å²) in [7, 11) is 0. The van der Waals surface area contributed by atoms with Crippen LogP contribution in [0.5, 0.6) is 0 Å². The summed E-state index contributed by atoms with van der Waals surface area (Å²) in [6.07, 6.45) is 0. The summed E-state index contributed by atoms with van der Waals surface area (Å²) in [6, 6.07) is 16.3. The molecule has 2 rings (SSSR count). The lowest BCUT2D eigenvalue weighted by molar-refractivity contribution is -0.113. The lowest BCUT2D eigenvalue weighted by Crippen LogP contribution is -2.14. The quantitative estimate of drug-likeness (QED) is 0.870. The zero-order chi connectivity index (χ0) is 14.4. The molecule has 0 bridgehead atoms. The fourth-order valence-corrected chi connectivity index (χ4v) is 2.38. The fourth-order valence-electron chi connectivity index (χ4n) is 1.56. The summed E-state index contributed by atoms with van der Waals surface area (Å²) in [4.78, 5) is 12.8. The Morgan fingerprint density at radius 1 is 1.20 bits per heavy atom. The summed E-state index contributed by atoms with van der Waals surface area (Å²) in [5, 5.41) is 12.3. The first-order valence-corrected chi connectivity index (χ1v) is 7.23. The standard InChI is InChI=1S/C15H11ClN2OS/c16-12-5-7-13(8-6-12)20-10-15(19)18-14-4-2-1-3-11(14)9-17/h1-8H,10H2,(H,18,19). The van der Waals surface area contributed by atoms with Crippen molar-refractivity contribution in [3.63, 3.8) is 0 Å². The van der Waals surface area contributed by atoms with Crippen LogP contribution in [0, 0.1) is 11.3 Å². The van der Waals surface area contributed by atoms with Gasteiger partial charge in [0.25, 0.3) is 0 Å². The van der Waals surface area contributed by atoms with E-state index in [0.29, 0.717) is 16.3 Å². The van der Waals surface area contributed by atoms with E-state index in [-0.39, 0.29) is 11.7 Å². The molecule has 2 aromatic rings. The number of amides is 1. The molecule has 0 fully saturated rings. The van der Waals surface area contributed by atoms with Crippen molar-refractivity contribution in [3.05, 3.63) is 59.1 Å². The number of anilines is 1. The third-order valence-corrected chi connectivity index (χ3v) is 3.77. The first kappa shape index (κ1) is 14.4. The average molecular weight is 303 g/mol. The van der Waals surface area contributed by atoms with Gasteiger partial charge in [0, 0.05) is 9.92 Å². The number of para-hydroxylation sites is 1. The summed E-state index contributed by atoms with van der Waals surface area (Å²) in [6.45, 7) is 0. The van der Waals surface area contributed by atoms with Crippen molar-refractivity contribution in [3.8, 4) is 6.07 Å². The topological polar surface area (TPSA) is 52.9 Å². The van der Waals surface area contributed by atoms with Crippen LogP contribution in [-0.2, 0) is 4.79 Å². The Morgan fingerprint density at radius 3 is 2.60 bits per heavy atom. The molecule has 0 atom stereocenters. The molecule has 20 heavy (non-hydrogen) atoms. The van der Waals surface area contributed by atoms with Crippen LogP contribution < -0.4 is 5.32 Å². The highest BCUT2D eigenvalue weighted by Crippen LogP contribution is 2.21. The lowest BCUT2D eigenvalue weighted by Gasteiger charge is -2.06. The van der Waals surface area contributed by atoms with E-state index in [4.69, 9.17) is 16.9 Å². The van der Waals surface area contributed by atoms with Crippen molar-refractivity contribution < 1.29 is 4.79 Å². The third-order valence-electron chi connectivity index (χ3n) is 2.51. The number of benzene rings is 2. The van der Waals surface area contributed by atoms with E-state index in [1.807, 2.05) is 18.2 Å². The van der Waals surface area contributed by atoms with E-state index in [1.165, 1.54) is 11.8 Å². The Balaban J connectivity index is 1.93. The van der Waals surface area contributed by atoms with Crippen LogP contribution in [-0.4, -0.2) is 11.7 Å².